The Hall–Kier alpha value is -2.19. The molecule has 2 heteroatoms. The maximum Gasteiger partial charge on any atom is 0.166 e. The van der Waals surface area contributed by atoms with E-state index in [9.17, 15) is 9.90 Å². The van der Waals surface area contributed by atoms with E-state index in [0.29, 0.717) is 12.0 Å². The van der Waals surface area contributed by atoms with E-state index in [0.717, 1.165) is 5.56 Å². The standard InChI is InChI=1S/C18H18O2/c1-2-13-18(20,16-11-7-4-8-12-16)14-17(19)15-9-5-3-6-10-15/h2-12,20H,1,13-14H2. The number of rotatable bonds is 6. The van der Waals surface area contributed by atoms with Crippen molar-refractivity contribution in [2.45, 2.75) is 18.4 Å². The predicted octanol–water partition coefficient (Wildman–Crippen LogP) is 3.72. The van der Waals surface area contributed by atoms with Crippen molar-refractivity contribution in [3.63, 3.8) is 0 Å². The van der Waals surface area contributed by atoms with Crippen LogP contribution in [0.3, 0.4) is 0 Å². The van der Waals surface area contributed by atoms with Crippen LogP contribution in [0, 0.1) is 0 Å². The molecule has 2 aromatic rings. The first-order valence-electron chi connectivity index (χ1n) is 6.63. The molecular weight excluding hydrogens is 248 g/mol. The lowest BCUT2D eigenvalue weighted by Crippen LogP contribution is -2.28. The minimum absolute atomic E-state index is 0.0487. The van der Waals surface area contributed by atoms with Gasteiger partial charge in [0, 0.05) is 12.0 Å². The van der Waals surface area contributed by atoms with Gasteiger partial charge in [-0.15, -0.1) is 6.58 Å². The molecule has 0 heterocycles. The Labute approximate surface area is 119 Å². The summed E-state index contributed by atoms with van der Waals surface area (Å²) in [5.41, 5.74) is 0.158. The number of aliphatic hydroxyl groups is 1. The van der Waals surface area contributed by atoms with Crippen molar-refractivity contribution < 1.29 is 9.90 Å². The van der Waals surface area contributed by atoms with Crippen LogP contribution in [0.25, 0.3) is 0 Å². The SMILES string of the molecule is C=CCC(O)(CC(=O)c1ccccc1)c1ccccc1. The monoisotopic (exact) mass is 266 g/mol. The van der Waals surface area contributed by atoms with Crippen LogP contribution >= 0.6 is 0 Å². The molecule has 0 amide bonds. The second-order valence-corrected chi connectivity index (χ2v) is 4.86. The average molecular weight is 266 g/mol. The highest BCUT2D eigenvalue weighted by Crippen LogP contribution is 2.30. The molecule has 0 aliphatic heterocycles. The van der Waals surface area contributed by atoms with Gasteiger partial charge in [-0.2, -0.15) is 0 Å². The summed E-state index contributed by atoms with van der Waals surface area (Å²) in [6, 6.07) is 18.3. The second kappa shape index (κ2) is 6.31. The molecule has 0 spiro atoms. The Bertz CT molecular complexity index is 575. The molecule has 0 saturated heterocycles. The largest absolute Gasteiger partial charge is 0.384 e. The van der Waals surface area contributed by atoms with E-state index < -0.39 is 5.60 Å². The number of Topliss-reactive ketones (excluding diaryl/α,β-unsaturated/α-hetero) is 1. The lowest BCUT2D eigenvalue weighted by molar-refractivity contribution is 0.0299. The van der Waals surface area contributed by atoms with Crippen molar-refractivity contribution in [3.8, 4) is 0 Å². The van der Waals surface area contributed by atoms with Gasteiger partial charge in [-0.3, -0.25) is 4.79 Å². The van der Waals surface area contributed by atoms with Crippen LogP contribution in [0.1, 0.15) is 28.8 Å². The zero-order chi connectivity index (χ0) is 14.4. The van der Waals surface area contributed by atoms with Gasteiger partial charge in [0.15, 0.2) is 5.78 Å². The first-order chi connectivity index (χ1) is 9.65. The van der Waals surface area contributed by atoms with Crippen molar-refractivity contribution >= 4 is 5.78 Å². The van der Waals surface area contributed by atoms with Gasteiger partial charge >= 0.3 is 0 Å². The Morgan fingerprint density at radius 2 is 1.60 bits per heavy atom. The Kier molecular flexibility index (Phi) is 4.49. The highest BCUT2D eigenvalue weighted by molar-refractivity contribution is 5.96. The third kappa shape index (κ3) is 3.22. The van der Waals surface area contributed by atoms with Gasteiger partial charge < -0.3 is 5.11 Å². The van der Waals surface area contributed by atoms with Crippen molar-refractivity contribution in [1.29, 1.82) is 0 Å². The summed E-state index contributed by atoms with van der Waals surface area (Å²) in [5.74, 6) is -0.0706. The molecule has 0 aliphatic carbocycles. The number of benzene rings is 2. The van der Waals surface area contributed by atoms with E-state index in [1.807, 2.05) is 48.5 Å². The number of hydrogen-bond donors (Lipinski definition) is 1. The molecule has 2 aromatic carbocycles. The number of carbonyl (C=O) groups excluding carboxylic acids is 1. The summed E-state index contributed by atoms with van der Waals surface area (Å²) in [6.45, 7) is 3.68. The van der Waals surface area contributed by atoms with Crippen molar-refractivity contribution in [2.24, 2.45) is 0 Å². The molecule has 0 fully saturated rings. The Balaban J connectivity index is 2.26. The van der Waals surface area contributed by atoms with Crippen molar-refractivity contribution in [1.82, 2.24) is 0 Å². The molecule has 1 N–H and O–H groups in total. The topological polar surface area (TPSA) is 37.3 Å². The molecule has 0 aromatic heterocycles. The second-order valence-electron chi connectivity index (χ2n) is 4.86. The van der Waals surface area contributed by atoms with E-state index in [4.69, 9.17) is 0 Å². The van der Waals surface area contributed by atoms with E-state index in [2.05, 4.69) is 6.58 Å². The van der Waals surface area contributed by atoms with E-state index in [-0.39, 0.29) is 12.2 Å². The molecular formula is C18H18O2. The van der Waals surface area contributed by atoms with Crippen LogP contribution in [0.15, 0.2) is 73.3 Å². The fourth-order valence-corrected chi connectivity index (χ4v) is 2.27. The van der Waals surface area contributed by atoms with Crippen LogP contribution < -0.4 is 0 Å². The van der Waals surface area contributed by atoms with Gasteiger partial charge in [-0.1, -0.05) is 66.7 Å². The molecule has 102 valence electrons. The first-order valence-corrected chi connectivity index (χ1v) is 6.63. The van der Waals surface area contributed by atoms with Gasteiger partial charge in [0.1, 0.15) is 5.60 Å². The maximum atomic E-state index is 12.3. The third-order valence-corrected chi connectivity index (χ3v) is 3.34. The van der Waals surface area contributed by atoms with Crippen molar-refractivity contribution in [2.75, 3.05) is 0 Å². The molecule has 0 aliphatic rings. The maximum absolute atomic E-state index is 12.3. The smallest absolute Gasteiger partial charge is 0.166 e. The van der Waals surface area contributed by atoms with Crippen molar-refractivity contribution in [3.05, 3.63) is 84.4 Å². The average Bonchev–Trinajstić information content (AvgIpc) is 2.49. The Morgan fingerprint density at radius 1 is 1.05 bits per heavy atom. The van der Waals surface area contributed by atoms with Crippen LogP contribution in [0.2, 0.25) is 0 Å². The van der Waals surface area contributed by atoms with Gasteiger partial charge in [-0.25, -0.2) is 0 Å². The minimum Gasteiger partial charge on any atom is -0.384 e. The van der Waals surface area contributed by atoms with Crippen LogP contribution in [-0.4, -0.2) is 10.9 Å². The minimum atomic E-state index is -1.20. The number of hydrogen-bond acceptors (Lipinski definition) is 2. The molecule has 2 rings (SSSR count). The quantitative estimate of drug-likeness (QED) is 0.639. The molecule has 0 bridgehead atoms. The number of carbonyl (C=O) groups is 1. The van der Waals surface area contributed by atoms with E-state index in [1.54, 1.807) is 18.2 Å². The molecule has 0 saturated carbocycles. The first kappa shape index (κ1) is 14.2. The number of ketones is 1. The zero-order valence-corrected chi connectivity index (χ0v) is 11.3. The summed E-state index contributed by atoms with van der Waals surface area (Å²) < 4.78 is 0. The van der Waals surface area contributed by atoms with Crippen LogP contribution in [0.5, 0.6) is 0 Å². The van der Waals surface area contributed by atoms with E-state index in [1.165, 1.54) is 0 Å². The van der Waals surface area contributed by atoms with E-state index >= 15 is 0 Å². The lowest BCUT2D eigenvalue weighted by Gasteiger charge is -2.27. The molecule has 20 heavy (non-hydrogen) atoms. The van der Waals surface area contributed by atoms with Gasteiger partial charge in [0.05, 0.1) is 0 Å². The third-order valence-electron chi connectivity index (χ3n) is 3.34. The van der Waals surface area contributed by atoms with Crippen LogP contribution in [-0.2, 0) is 5.60 Å². The normalized spacial score (nSPS) is 13.4. The molecule has 1 atom stereocenters. The summed E-state index contributed by atoms with van der Waals surface area (Å²) in [7, 11) is 0. The predicted molar refractivity (Wildman–Crippen MR) is 80.5 cm³/mol. The summed E-state index contributed by atoms with van der Waals surface area (Å²) in [6.07, 6.45) is 2.04. The summed E-state index contributed by atoms with van der Waals surface area (Å²) in [5, 5.41) is 10.8. The lowest BCUT2D eigenvalue weighted by atomic mass is 9.84. The fourth-order valence-electron chi connectivity index (χ4n) is 2.27. The Morgan fingerprint density at radius 3 is 2.15 bits per heavy atom. The van der Waals surface area contributed by atoms with Crippen LogP contribution in [0.4, 0.5) is 0 Å². The molecule has 2 nitrogen and oxygen atoms in total. The van der Waals surface area contributed by atoms with Gasteiger partial charge in [0.25, 0.3) is 0 Å². The fraction of sp³-hybridized carbons (Fsp3) is 0.167. The summed E-state index contributed by atoms with van der Waals surface area (Å²) >= 11 is 0. The highest BCUT2D eigenvalue weighted by Gasteiger charge is 2.30. The zero-order valence-electron chi connectivity index (χ0n) is 11.3. The van der Waals surface area contributed by atoms with Gasteiger partial charge in [0.2, 0.25) is 0 Å². The van der Waals surface area contributed by atoms with Gasteiger partial charge in [-0.05, 0) is 12.0 Å². The highest BCUT2D eigenvalue weighted by atomic mass is 16.3. The summed E-state index contributed by atoms with van der Waals surface area (Å²) in [4.78, 5) is 12.3. The molecule has 1 unspecified atom stereocenters. The molecule has 0 radical (unpaired) electrons.